The zero-order valence-corrected chi connectivity index (χ0v) is 9.74. The smallest absolute Gasteiger partial charge is 0.158 e. The molecule has 0 saturated heterocycles. The van der Waals surface area contributed by atoms with Crippen LogP contribution < -0.4 is 4.74 Å². The van der Waals surface area contributed by atoms with Gasteiger partial charge in [-0.25, -0.2) is 4.39 Å². The van der Waals surface area contributed by atoms with Crippen LogP contribution in [0.2, 0.25) is 0 Å². The molecule has 0 amide bonds. The molecule has 0 aliphatic carbocycles. The first kappa shape index (κ1) is 12.0. The van der Waals surface area contributed by atoms with Crippen LogP contribution in [0.25, 0.3) is 0 Å². The zero-order valence-electron chi connectivity index (χ0n) is 9.74. The lowest BCUT2D eigenvalue weighted by molar-refractivity contribution is -0.123. The monoisotopic (exact) mass is 238 g/mol. The fourth-order valence-corrected chi connectivity index (χ4v) is 2.01. The number of fused-ring (bicyclic) bond motifs is 1. The summed E-state index contributed by atoms with van der Waals surface area (Å²) in [6, 6.07) is 4.52. The number of halogens is 1. The fourth-order valence-electron chi connectivity index (χ4n) is 2.01. The van der Waals surface area contributed by atoms with Crippen LogP contribution in [-0.2, 0) is 16.0 Å². The van der Waals surface area contributed by atoms with E-state index < -0.39 is 0 Å². The molecule has 0 N–H and O–H groups in total. The van der Waals surface area contributed by atoms with Crippen molar-refractivity contribution in [3.8, 4) is 5.75 Å². The lowest BCUT2D eigenvalue weighted by Crippen LogP contribution is -2.16. The standard InChI is InChI=1S/C13H15FO3/c1-16-8-11(15)3-4-12-7-9-6-10(14)2-5-13(9)17-12/h2,5-6,12H,3-4,7-8H2,1H3. The molecule has 1 aromatic carbocycles. The minimum Gasteiger partial charge on any atom is -0.490 e. The predicted octanol–water partition coefficient (Wildman–Crippen LogP) is 2.12. The Morgan fingerprint density at radius 1 is 1.59 bits per heavy atom. The van der Waals surface area contributed by atoms with E-state index in [9.17, 15) is 9.18 Å². The summed E-state index contributed by atoms with van der Waals surface area (Å²) in [5, 5.41) is 0. The molecule has 0 saturated carbocycles. The van der Waals surface area contributed by atoms with E-state index in [1.54, 1.807) is 6.07 Å². The van der Waals surface area contributed by atoms with Gasteiger partial charge in [-0.15, -0.1) is 0 Å². The Kier molecular flexibility index (Phi) is 3.74. The van der Waals surface area contributed by atoms with E-state index in [0.717, 1.165) is 11.3 Å². The van der Waals surface area contributed by atoms with E-state index >= 15 is 0 Å². The van der Waals surface area contributed by atoms with Crippen LogP contribution >= 0.6 is 0 Å². The van der Waals surface area contributed by atoms with Crippen molar-refractivity contribution in [2.24, 2.45) is 0 Å². The van der Waals surface area contributed by atoms with Crippen molar-refractivity contribution in [1.29, 1.82) is 0 Å². The molecule has 2 rings (SSSR count). The van der Waals surface area contributed by atoms with Crippen LogP contribution in [0.1, 0.15) is 18.4 Å². The Morgan fingerprint density at radius 2 is 2.41 bits per heavy atom. The molecule has 1 aliphatic rings. The number of carbonyl (C=O) groups excluding carboxylic acids is 1. The van der Waals surface area contributed by atoms with Gasteiger partial charge < -0.3 is 9.47 Å². The molecule has 17 heavy (non-hydrogen) atoms. The third-order valence-electron chi connectivity index (χ3n) is 2.81. The topological polar surface area (TPSA) is 35.5 Å². The van der Waals surface area contributed by atoms with Gasteiger partial charge in [-0.05, 0) is 24.6 Å². The molecule has 0 bridgehead atoms. The Morgan fingerprint density at radius 3 is 3.18 bits per heavy atom. The van der Waals surface area contributed by atoms with Gasteiger partial charge in [0, 0.05) is 25.5 Å². The quantitative estimate of drug-likeness (QED) is 0.788. The molecule has 1 aliphatic heterocycles. The molecule has 1 atom stereocenters. The summed E-state index contributed by atoms with van der Waals surface area (Å²) in [7, 11) is 1.50. The Balaban J connectivity index is 1.86. The van der Waals surface area contributed by atoms with Crippen molar-refractivity contribution in [1.82, 2.24) is 0 Å². The van der Waals surface area contributed by atoms with E-state index in [1.807, 2.05) is 0 Å². The van der Waals surface area contributed by atoms with Gasteiger partial charge in [0.2, 0.25) is 0 Å². The van der Waals surface area contributed by atoms with Crippen molar-refractivity contribution in [3.05, 3.63) is 29.6 Å². The highest BCUT2D eigenvalue weighted by molar-refractivity contribution is 5.79. The molecular weight excluding hydrogens is 223 g/mol. The average molecular weight is 238 g/mol. The van der Waals surface area contributed by atoms with Gasteiger partial charge in [0.1, 0.15) is 24.3 Å². The average Bonchev–Trinajstić information content (AvgIpc) is 2.68. The molecule has 0 fully saturated rings. The molecule has 0 spiro atoms. The maximum absolute atomic E-state index is 13.0. The van der Waals surface area contributed by atoms with E-state index in [1.165, 1.54) is 19.2 Å². The Bertz CT molecular complexity index is 417. The molecule has 1 heterocycles. The van der Waals surface area contributed by atoms with Crippen molar-refractivity contribution < 1.29 is 18.7 Å². The summed E-state index contributed by atoms with van der Waals surface area (Å²) in [5.74, 6) is 0.553. The van der Waals surface area contributed by atoms with Crippen molar-refractivity contribution in [3.63, 3.8) is 0 Å². The first-order valence-electron chi connectivity index (χ1n) is 5.65. The van der Waals surface area contributed by atoms with E-state index in [2.05, 4.69) is 0 Å². The third-order valence-corrected chi connectivity index (χ3v) is 2.81. The van der Waals surface area contributed by atoms with Gasteiger partial charge >= 0.3 is 0 Å². The highest BCUT2D eigenvalue weighted by Crippen LogP contribution is 2.30. The Labute approximate surface area is 99.5 Å². The Hall–Kier alpha value is -1.42. The van der Waals surface area contributed by atoms with Crippen LogP contribution in [0.3, 0.4) is 0 Å². The zero-order chi connectivity index (χ0) is 12.3. The van der Waals surface area contributed by atoms with Crippen LogP contribution in [0.5, 0.6) is 5.75 Å². The summed E-state index contributed by atoms with van der Waals surface area (Å²) in [4.78, 5) is 11.3. The van der Waals surface area contributed by atoms with Gasteiger partial charge in [0.05, 0.1) is 0 Å². The molecule has 1 unspecified atom stereocenters. The third kappa shape index (κ3) is 3.03. The second-order valence-electron chi connectivity index (χ2n) is 4.21. The van der Waals surface area contributed by atoms with Gasteiger partial charge in [-0.1, -0.05) is 0 Å². The molecule has 1 aromatic rings. The number of rotatable bonds is 5. The molecule has 3 nitrogen and oxygen atoms in total. The molecule has 4 heteroatoms. The van der Waals surface area contributed by atoms with Crippen molar-refractivity contribution >= 4 is 5.78 Å². The van der Waals surface area contributed by atoms with Crippen molar-refractivity contribution in [2.45, 2.75) is 25.4 Å². The number of hydrogen-bond acceptors (Lipinski definition) is 3. The maximum atomic E-state index is 13.0. The van der Waals surface area contributed by atoms with Gasteiger partial charge in [-0.3, -0.25) is 4.79 Å². The summed E-state index contributed by atoms with van der Waals surface area (Å²) >= 11 is 0. The highest BCUT2D eigenvalue weighted by Gasteiger charge is 2.23. The minimum absolute atomic E-state index is 0.0207. The minimum atomic E-state index is -0.247. The number of Topliss-reactive ketones (excluding diaryl/α,β-unsaturated/α-hetero) is 1. The number of ketones is 1. The SMILES string of the molecule is COCC(=O)CCC1Cc2cc(F)ccc2O1. The van der Waals surface area contributed by atoms with Crippen LogP contribution in [0.4, 0.5) is 4.39 Å². The number of hydrogen-bond donors (Lipinski definition) is 0. The normalized spacial score (nSPS) is 17.6. The highest BCUT2D eigenvalue weighted by atomic mass is 19.1. The summed E-state index contributed by atoms with van der Waals surface area (Å²) < 4.78 is 23.4. The van der Waals surface area contributed by atoms with Crippen LogP contribution in [-0.4, -0.2) is 25.6 Å². The summed E-state index contributed by atoms with van der Waals surface area (Å²) in [6.07, 6.45) is 1.74. The molecule has 0 aromatic heterocycles. The van der Waals surface area contributed by atoms with Crippen LogP contribution in [0, 0.1) is 5.82 Å². The van der Waals surface area contributed by atoms with E-state index in [4.69, 9.17) is 9.47 Å². The number of benzene rings is 1. The lowest BCUT2D eigenvalue weighted by Gasteiger charge is -2.09. The van der Waals surface area contributed by atoms with E-state index in [-0.39, 0.29) is 24.3 Å². The largest absolute Gasteiger partial charge is 0.490 e. The predicted molar refractivity (Wildman–Crippen MR) is 60.6 cm³/mol. The lowest BCUT2D eigenvalue weighted by atomic mass is 10.1. The van der Waals surface area contributed by atoms with Gasteiger partial charge in [0.15, 0.2) is 5.78 Å². The van der Waals surface area contributed by atoms with Crippen molar-refractivity contribution in [2.75, 3.05) is 13.7 Å². The second kappa shape index (κ2) is 5.27. The molecule has 0 radical (unpaired) electrons. The van der Waals surface area contributed by atoms with E-state index in [0.29, 0.717) is 19.3 Å². The number of methoxy groups -OCH3 is 1. The van der Waals surface area contributed by atoms with Gasteiger partial charge in [-0.2, -0.15) is 0 Å². The second-order valence-corrected chi connectivity index (χ2v) is 4.21. The van der Waals surface area contributed by atoms with Gasteiger partial charge in [0.25, 0.3) is 0 Å². The summed E-state index contributed by atoms with van der Waals surface area (Å²) in [6.45, 7) is 0.147. The molecular formula is C13H15FO3. The first-order chi connectivity index (χ1) is 8.19. The number of carbonyl (C=O) groups is 1. The fraction of sp³-hybridized carbons (Fsp3) is 0.462. The molecule has 92 valence electrons. The number of ether oxygens (including phenoxy) is 2. The first-order valence-corrected chi connectivity index (χ1v) is 5.65. The summed E-state index contributed by atoms with van der Waals surface area (Å²) in [5.41, 5.74) is 0.884. The van der Waals surface area contributed by atoms with Crippen LogP contribution in [0.15, 0.2) is 18.2 Å². The maximum Gasteiger partial charge on any atom is 0.158 e.